The fourth-order valence-electron chi connectivity index (χ4n) is 3.61. The van der Waals surface area contributed by atoms with Crippen LogP contribution in [0.2, 0.25) is 0 Å². The highest BCUT2D eigenvalue weighted by atomic mass is 16.5. The SMILES string of the molecule is COc1ccc(NC(=O)CCc2c(C)nn(-c3ccc4nnc(C)n4n3)c2C)c(OC)c1. The topological polar surface area (TPSA) is 108 Å². The quantitative estimate of drug-likeness (QED) is 0.475. The highest BCUT2D eigenvalue weighted by Gasteiger charge is 2.17. The van der Waals surface area contributed by atoms with E-state index in [1.165, 1.54) is 0 Å². The first kappa shape index (κ1) is 21.3. The van der Waals surface area contributed by atoms with E-state index in [0.717, 1.165) is 17.0 Å². The molecule has 3 heterocycles. The number of nitrogens with one attached hydrogen (secondary N) is 1. The van der Waals surface area contributed by atoms with E-state index in [9.17, 15) is 4.79 Å². The van der Waals surface area contributed by atoms with Crippen LogP contribution in [0.5, 0.6) is 11.5 Å². The van der Waals surface area contributed by atoms with Gasteiger partial charge in [0, 0.05) is 18.2 Å². The molecule has 0 aliphatic carbocycles. The van der Waals surface area contributed by atoms with Crippen LogP contribution in [0.15, 0.2) is 30.3 Å². The van der Waals surface area contributed by atoms with Gasteiger partial charge in [-0.3, -0.25) is 4.79 Å². The van der Waals surface area contributed by atoms with Crippen LogP contribution in [0.1, 0.15) is 29.2 Å². The second-order valence-electron chi connectivity index (χ2n) is 7.38. The van der Waals surface area contributed by atoms with Crippen LogP contribution in [-0.2, 0) is 11.2 Å². The van der Waals surface area contributed by atoms with Crippen molar-refractivity contribution in [3.05, 3.63) is 53.1 Å². The standard InChI is InChI=1S/C22H25N7O3/c1-13-17(7-11-22(30)23-18-8-6-16(31-4)12-19(18)32-5)14(2)28(26-13)21-10-9-20-25-24-15(3)29(20)27-21/h6,8-10,12H,7,11H2,1-5H3,(H,23,30). The molecule has 10 heteroatoms. The van der Waals surface area contributed by atoms with E-state index in [1.807, 2.05) is 32.9 Å². The molecule has 0 aliphatic rings. The number of carbonyl (C=O) groups is 1. The Morgan fingerprint density at radius 1 is 1.03 bits per heavy atom. The molecule has 166 valence electrons. The molecule has 1 N–H and O–H groups in total. The summed E-state index contributed by atoms with van der Waals surface area (Å²) < 4.78 is 14.0. The highest BCUT2D eigenvalue weighted by molar-refractivity contribution is 5.92. The predicted octanol–water partition coefficient (Wildman–Crippen LogP) is 2.82. The van der Waals surface area contributed by atoms with E-state index in [1.54, 1.807) is 41.6 Å². The molecule has 0 saturated heterocycles. The van der Waals surface area contributed by atoms with Crippen LogP contribution in [0.3, 0.4) is 0 Å². The first-order valence-corrected chi connectivity index (χ1v) is 10.2. The van der Waals surface area contributed by atoms with E-state index in [0.29, 0.717) is 47.3 Å². The van der Waals surface area contributed by atoms with Crippen molar-refractivity contribution in [2.75, 3.05) is 19.5 Å². The first-order chi connectivity index (χ1) is 15.4. The summed E-state index contributed by atoms with van der Waals surface area (Å²) in [6, 6.07) is 8.98. The molecule has 1 amide bonds. The number of amides is 1. The molecular weight excluding hydrogens is 410 g/mol. The van der Waals surface area contributed by atoms with Gasteiger partial charge in [0.2, 0.25) is 5.91 Å². The normalized spacial score (nSPS) is 11.0. The smallest absolute Gasteiger partial charge is 0.224 e. The summed E-state index contributed by atoms with van der Waals surface area (Å²) >= 11 is 0. The molecule has 0 radical (unpaired) electrons. The van der Waals surface area contributed by atoms with Crippen molar-refractivity contribution < 1.29 is 14.3 Å². The van der Waals surface area contributed by atoms with Crippen molar-refractivity contribution in [2.45, 2.75) is 33.6 Å². The summed E-state index contributed by atoms with van der Waals surface area (Å²) in [7, 11) is 3.14. The first-order valence-electron chi connectivity index (χ1n) is 10.2. The summed E-state index contributed by atoms with van der Waals surface area (Å²) in [5.41, 5.74) is 4.10. The number of fused-ring (bicyclic) bond motifs is 1. The van der Waals surface area contributed by atoms with Crippen molar-refractivity contribution in [3.63, 3.8) is 0 Å². The maximum absolute atomic E-state index is 12.6. The average Bonchev–Trinajstić information content (AvgIpc) is 3.31. The van der Waals surface area contributed by atoms with Crippen molar-refractivity contribution in [1.29, 1.82) is 0 Å². The number of carbonyl (C=O) groups excluding carboxylic acids is 1. The van der Waals surface area contributed by atoms with Crippen LogP contribution >= 0.6 is 0 Å². The van der Waals surface area contributed by atoms with Gasteiger partial charge >= 0.3 is 0 Å². The molecule has 0 spiro atoms. The van der Waals surface area contributed by atoms with Crippen molar-refractivity contribution >= 4 is 17.2 Å². The number of ether oxygens (including phenoxy) is 2. The van der Waals surface area contributed by atoms with E-state index >= 15 is 0 Å². The van der Waals surface area contributed by atoms with Gasteiger partial charge in [-0.25, -0.2) is 4.68 Å². The van der Waals surface area contributed by atoms with Gasteiger partial charge in [-0.05, 0) is 57.0 Å². The maximum Gasteiger partial charge on any atom is 0.224 e. The number of rotatable bonds is 7. The van der Waals surface area contributed by atoms with Crippen molar-refractivity contribution in [2.24, 2.45) is 0 Å². The van der Waals surface area contributed by atoms with E-state index < -0.39 is 0 Å². The number of hydrogen-bond acceptors (Lipinski definition) is 7. The zero-order chi connectivity index (χ0) is 22.8. The molecule has 0 atom stereocenters. The summed E-state index contributed by atoms with van der Waals surface area (Å²) in [4.78, 5) is 12.6. The van der Waals surface area contributed by atoms with Gasteiger partial charge in [0.25, 0.3) is 0 Å². The van der Waals surface area contributed by atoms with E-state index in [-0.39, 0.29) is 5.91 Å². The summed E-state index contributed by atoms with van der Waals surface area (Å²) in [5, 5.41) is 20.3. The Hall–Kier alpha value is -3.95. The lowest BCUT2D eigenvalue weighted by atomic mass is 10.1. The molecule has 10 nitrogen and oxygen atoms in total. The molecule has 0 saturated carbocycles. The van der Waals surface area contributed by atoms with Crippen molar-refractivity contribution in [1.82, 2.24) is 29.6 Å². The number of anilines is 1. The zero-order valence-electron chi connectivity index (χ0n) is 18.7. The Labute approximate surface area is 185 Å². The van der Waals surface area contributed by atoms with Gasteiger partial charge in [-0.1, -0.05) is 0 Å². The lowest BCUT2D eigenvalue weighted by Gasteiger charge is -2.11. The van der Waals surface area contributed by atoms with Crippen LogP contribution in [0.25, 0.3) is 11.5 Å². The van der Waals surface area contributed by atoms with Crippen LogP contribution in [0.4, 0.5) is 5.69 Å². The Kier molecular flexibility index (Phi) is 5.76. The molecule has 1 aromatic carbocycles. The fourth-order valence-corrected chi connectivity index (χ4v) is 3.61. The number of methoxy groups -OCH3 is 2. The second kappa shape index (κ2) is 8.66. The van der Waals surface area contributed by atoms with E-state index in [2.05, 4.69) is 25.7 Å². The fraction of sp³-hybridized carbons (Fsp3) is 0.318. The van der Waals surface area contributed by atoms with Gasteiger partial charge in [0.15, 0.2) is 17.3 Å². The zero-order valence-corrected chi connectivity index (χ0v) is 18.7. The molecule has 0 aliphatic heterocycles. The molecular formula is C22H25N7O3. The maximum atomic E-state index is 12.6. The molecule has 4 aromatic rings. The lowest BCUT2D eigenvalue weighted by molar-refractivity contribution is -0.116. The third-order valence-electron chi connectivity index (χ3n) is 5.35. The molecule has 0 unspecified atom stereocenters. The van der Waals surface area contributed by atoms with Gasteiger partial charge in [0.05, 0.1) is 25.6 Å². The summed E-state index contributed by atoms with van der Waals surface area (Å²) in [5.74, 6) is 2.46. The molecule has 0 bridgehead atoms. The Morgan fingerprint density at radius 3 is 2.59 bits per heavy atom. The minimum atomic E-state index is -0.111. The third-order valence-corrected chi connectivity index (χ3v) is 5.35. The summed E-state index contributed by atoms with van der Waals surface area (Å²) in [6.07, 6.45) is 0.857. The third kappa shape index (κ3) is 3.98. The largest absolute Gasteiger partial charge is 0.497 e. The molecule has 0 fully saturated rings. The minimum Gasteiger partial charge on any atom is -0.497 e. The van der Waals surface area contributed by atoms with Gasteiger partial charge in [-0.15, -0.1) is 15.3 Å². The van der Waals surface area contributed by atoms with Crippen LogP contribution in [-0.4, -0.2) is 49.7 Å². The highest BCUT2D eigenvalue weighted by Crippen LogP contribution is 2.29. The summed E-state index contributed by atoms with van der Waals surface area (Å²) in [6.45, 7) is 5.76. The Bertz CT molecular complexity index is 1290. The Balaban J connectivity index is 1.50. The van der Waals surface area contributed by atoms with Gasteiger partial charge in [0.1, 0.15) is 11.5 Å². The van der Waals surface area contributed by atoms with Gasteiger partial charge < -0.3 is 14.8 Å². The number of benzene rings is 1. The average molecular weight is 435 g/mol. The lowest BCUT2D eigenvalue weighted by Crippen LogP contribution is -2.13. The minimum absolute atomic E-state index is 0.111. The molecule has 3 aromatic heterocycles. The molecule has 4 rings (SSSR count). The van der Waals surface area contributed by atoms with Crippen molar-refractivity contribution in [3.8, 4) is 17.3 Å². The second-order valence-corrected chi connectivity index (χ2v) is 7.38. The monoisotopic (exact) mass is 435 g/mol. The van der Waals surface area contributed by atoms with Crippen LogP contribution < -0.4 is 14.8 Å². The number of hydrogen-bond donors (Lipinski definition) is 1. The van der Waals surface area contributed by atoms with Crippen LogP contribution in [0, 0.1) is 20.8 Å². The number of aromatic nitrogens is 6. The Morgan fingerprint density at radius 2 is 1.84 bits per heavy atom. The number of nitrogens with zero attached hydrogens (tertiary/aromatic N) is 6. The van der Waals surface area contributed by atoms with E-state index in [4.69, 9.17) is 9.47 Å². The molecule has 32 heavy (non-hydrogen) atoms. The van der Waals surface area contributed by atoms with Gasteiger partial charge in [-0.2, -0.15) is 9.61 Å². The predicted molar refractivity (Wildman–Crippen MR) is 119 cm³/mol. The number of aryl methyl sites for hydroxylation is 2.